The molecule has 2 amide bonds. The Morgan fingerprint density at radius 2 is 2.05 bits per heavy atom. The Bertz CT molecular complexity index is 1400. The molecule has 1 saturated heterocycles. The van der Waals surface area contributed by atoms with E-state index in [4.69, 9.17) is 27.1 Å². The van der Waals surface area contributed by atoms with Gasteiger partial charge in [-0.3, -0.25) is 4.90 Å². The van der Waals surface area contributed by atoms with Gasteiger partial charge in [-0.2, -0.15) is 0 Å². The number of aromatic nitrogens is 3. The Morgan fingerprint density at radius 1 is 1.27 bits per heavy atom. The van der Waals surface area contributed by atoms with Gasteiger partial charge in [-0.25, -0.2) is 29.4 Å². The summed E-state index contributed by atoms with van der Waals surface area (Å²) in [5, 5.41) is 8.78. The van der Waals surface area contributed by atoms with Crippen LogP contribution < -0.4 is 26.2 Å². The summed E-state index contributed by atoms with van der Waals surface area (Å²) < 4.78 is 5.33. The molecule has 2 aliphatic rings. The Balaban J connectivity index is 1.40. The monoisotopic (exact) mass is 599 g/mol. The zero-order chi connectivity index (χ0) is 29.1. The van der Waals surface area contributed by atoms with E-state index in [0.717, 1.165) is 13.1 Å². The van der Waals surface area contributed by atoms with E-state index in [-0.39, 0.29) is 18.6 Å². The quantitative estimate of drug-likeness (QED) is 0.314. The molecular formula is C27H34ClN9O3S. The van der Waals surface area contributed by atoms with Gasteiger partial charge in [0.1, 0.15) is 17.1 Å². The number of rotatable bonds is 9. The molecule has 2 fully saturated rings. The highest BCUT2D eigenvalue weighted by Gasteiger charge is 2.63. The minimum absolute atomic E-state index is 0.0743. The van der Waals surface area contributed by atoms with Gasteiger partial charge in [0.05, 0.1) is 23.5 Å². The van der Waals surface area contributed by atoms with E-state index in [2.05, 4.69) is 30.4 Å². The molecule has 1 aliphatic carbocycles. The summed E-state index contributed by atoms with van der Waals surface area (Å²) in [4.78, 5) is 46.0. The number of piperazine rings is 1. The van der Waals surface area contributed by atoms with E-state index >= 15 is 0 Å². The molecule has 218 valence electrons. The molecule has 41 heavy (non-hydrogen) atoms. The van der Waals surface area contributed by atoms with Crippen LogP contribution in [0.5, 0.6) is 0 Å². The highest BCUT2D eigenvalue weighted by Crippen LogP contribution is 2.43. The number of aryl methyl sites for hydroxylation is 1. The van der Waals surface area contributed by atoms with E-state index < -0.39 is 11.6 Å². The van der Waals surface area contributed by atoms with Crippen molar-refractivity contribution in [1.82, 2.24) is 25.2 Å². The molecule has 12 nitrogen and oxygen atoms in total. The molecule has 2 aromatic heterocycles. The highest BCUT2D eigenvalue weighted by molar-refractivity contribution is 7.13. The number of halogens is 1. The number of nitrogens with one attached hydrogen (secondary N) is 2. The second-order valence-electron chi connectivity index (χ2n) is 9.87. The van der Waals surface area contributed by atoms with Crippen LogP contribution in [0.3, 0.4) is 0 Å². The van der Waals surface area contributed by atoms with Gasteiger partial charge in [0.15, 0.2) is 10.9 Å². The van der Waals surface area contributed by atoms with Gasteiger partial charge in [0.25, 0.3) is 0 Å². The maximum absolute atomic E-state index is 13.9. The molecule has 2 unspecified atom stereocenters. The molecule has 0 bridgehead atoms. The van der Waals surface area contributed by atoms with Gasteiger partial charge in [0, 0.05) is 50.3 Å². The maximum Gasteiger partial charge on any atom is 0.333 e. The van der Waals surface area contributed by atoms with Crippen molar-refractivity contribution in [3.63, 3.8) is 0 Å². The van der Waals surface area contributed by atoms with Gasteiger partial charge in [-0.05, 0) is 38.9 Å². The zero-order valence-electron chi connectivity index (χ0n) is 23.3. The average molecular weight is 600 g/mol. The van der Waals surface area contributed by atoms with Crippen LogP contribution in [0.15, 0.2) is 36.0 Å². The minimum Gasteiger partial charge on any atom is -0.465 e. The number of thiazole rings is 1. The van der Waals surface area contributed by atoms with Crippen LogP contribution in [0, 0.1) is 6.92 Å². The third kappa shape index (κ3) is 5.72. The largest absolute Gasteiger partial charge is 0.465 e. The number of nitrogens with zero attached hydrogens (tertiary/aromatic N) is 6. The molecule has 4 N–H and O–H groups in total. The maximum atomic E-state index is 13.9. The lowest BCUT2D eigenvalue weighted by Gasteiger charge is -2.38. The first-order valence-corrected chi connectivity index (χ1v) is 14.8. The van der Waals surface area contributed by atoms with Crippen LogP contribution in [0.25, 0.3) is 0 Å². The fourth-order valence-corrected chi connectivity index (χ4v) is 6.18. The summed E-state index contributed by atoms with van der Waals surface area (Å²) in [5.74, 6) is 1.01. The van der Waals surface area contributed by atoms with Gasteiger partial charge < -0.3 is 26.0 Å². The van der Waals surface area contributed by atoms with Crippen molar-refractivity contribution in [1.29, 1.82) is 0 Å². The lowest BCUT2D eigenvalue weighted by molar-refractivity contribution is -0.147. The number of amides is 2. The van der Waals surface area contributed by atoms with Crippen molar-refractivity contribution < 1.29 is 14.3 Å². The summed E-state index contributed by atoms with van der Waals surface area (Å²) >= 11 is 7.76. The van der Waals surface area contributed by atoms with Crippen LogP contribution in [-0.4, -0.2) is 83.3 Å². The average Bonchev–Trinajstić information content (AvgIpc) is 3.50. The van der Waals surface area contributed by atoms with E-state index in [1.54, 1.807) is 37.0 Å². The van der Waals surface area contributed by atoms with Gasteiger partial charge in [-0.1, -0.05) is 23.7 Å². The number of ether oxygens (including phenoxy) is 1. The minimum atomic E-state index is -0.657. The molecule has 14 heteroatoms. The van der Waals surface area contributed by atoms with Crippen molar-refractivity contribution in [2.24, 2.45) is 5.73 Å². The second-order valence-corrected chi connectivity index (χ2v) is 11.1. The molecule has 1 aromatic carbocycles. The lowest BCUT2D eigenvalue weighted by atomic mass is 10.2. The fraction of sp³-hybridized carbons (Fsp3) is 0.444. The zero-order valence-corrected chi connectivity index (χ0v) is 24.8. The number of esters is 1. The van der Waals surface area contributed by atoms with E-state index in [0.29, 0.717) is 64.9 Å². The highest BCUT2D eigenvalue weighted by atomic mass is 35.5. The first-order valence-electron chi connectivity index (χ1n) is 13.5. The molecule has 1 saturated carbocycles. The predicted molar refractivity (Wildman–Crippen MR) is 160 cm³/mol. The summed E-state index contributed by atoms with van der Waals surface area (Å²) in [6.45, 7) is 6.95. The van der Waals surface area contributed by atoms with E-state index in [1.165, 1.54) is 16.2 Å². The Hall–Kier alpha value is -3.36. The smallest absolute Gasteiger partial charge is 0.333 e. The first-order chi connectivity index (χ1) is 19.8. The predicted octanol–water partition coefficient (Wildman–Crippen LogP) is 3.14. The molecule has 1 aliphatic heterocycles. The topological polar surface area (TPSA) is 142 Å². The Labute approximate surface area is 247 Å². The lowest BCUT2D eigenvalue weighted by Crippen LogP contribution is -2.53. The van der Waals surface area contributed by atoms with Gasteiger partial charge in [0.2, 0.25) is 0 Å². The number of likely N-dealkylation sites (N-methyl/N-ethyl adjacent to an activating group) is 1. The Morgan fingerprint density at radius 3 is 2.71 bits per heavy atom. The molecule has 5 rings (SSSR count). The van der Waals surface area contributed by atoms with Crippen LogP contribution in [-0.2, 0) is 16.1 Å². The van der Waals surface area contributed by atoms with Crippen LogP contribution in [0.4, 0.5) is 27.1 Å². The SMILES string of the molecule is CCOC(=O)C1(NC)CC1N1CCN(c2nc(C)ncc2N(C(=O)Nc2c(Cl)cccc2CN)c2nccs2)CC1. The second kappa shape index (κ2) is 12.2. The third-order valence-electron chi connectivity index (χ3n) is 7.54. The number of hydrogen-bond acceptors (Lipinski definition) is 11. The number of hydrogen-bond donors (Lipinski definition) is 3. The van der Waals surface area contributed by atoms with Crippen molar-refractivity contribution in [2.75, 3.05) is 55.0 Å². The van der Waals surface area contributed by atoms with Crippen LogP contribution >= 0.6 is 22.9 Å². The number of urea groups is 1. The van der Waals surface area contributed by atoms with Crippen LogP contribution in [0.2, 0.25) is 5.02 Å². The number of para-hydroxylation sites is 1. The summed E-state index contributed by atoms with van der Waals surface area (Å²) in [6, 6.07) is 4.93. The van der Waals surface area contributed by atoms with E-state index in [9.17, 15) is 9.59 Å². The molecule has 0 radical (unpaired) electrons. The number of anilines is 4. The van der Waals surface area contributed by atoms with Crippen molar-refractivity contribution >= 4 is 57.3 Å². The summed E-state index contributed by atoms with van der Waals surface area (Å²) in [5.41, 5.74) is 6.92. The number of nitrogens with two attached hydrogens (primary N) is 1. The molecule has 0 spiro atoms. The molecular weight excluding hydrogens is 566 g/mol. The molecule has 3 heterocycles. The summed E-state index contributed by atoms with van der Waals surface area (Å²) in [7, 11) is 1.81. The van der Waals surface area contributed by atoms with Gasteiger partial charge in [-0.15, -0.1) is 11.3 Å². The number of benzene rings is 1. The van der Waals surface area contributed by atoms with Gasteiger partial charge >= 0.3 is 12.0 Å². The number of carbonyl (C=O) groups is 2. The third-order valence-corrected chi connectivity index (χ3v) is 8.61. The number of carbonyl (C=O) groups excluding carboxylic acids is 2. The van der Waals surface area contributed by atoms with Crippen molar-refractivity contribution in [2.45, 2.75) is 38.4 Å². The van der Waals surface area contributed by atoms with E-state index in [1.807, 2.05) is 19.9 Å². The normalized spacial score (nSPS) is 20.5. The fourth-order valence-electron chi connectivity index (χ4n) is 5.29. The van der Waals surface area contributed by atoms with Crippen molar-refractivity contribution in [3.05, 3.63) is 52.4 Å². The van der Waals surface area contributed by atoms with Crippen LogP contribution in [0.1, 0.15) is 24.7 Å². The first kappa shape index (κ1) is 29.1. The van der Waals surface area contributed by atoms with Crippen molar-refractivity contribution in [3.8, 4) is 0 Å². The molecule has 2 atom stereocenters. The standard InChI is InChI=1S/C27H34ClN9O3S/c1-4-40-24(38)27(30-3)14-21(27)35-9-11-36(12-10-35)23-20(16-32-17(2)33-23)37(26-31-8-13-41-26)25(39)34-22-18(15-29)6-5-7-19(22)28/h5-8,13,16,21,30H,4,9-12,14-15,29H2,1-3H3,(H,34,39). The molecule has 3 aromatic rings. The Kier molecular flexibility index (Phi) is 8.71. The summed E-state index contributed by atoms with van der Waals surface area (Å²) in [6.07, 6.45) is 4.00.